The van der Waals surface area contributed by atoms with Crippen LogP contribution >= 0.6 is 0 Å². The van der Waals surface area contributed by atoms with Crippen LogP contribution in [0.15, 0.2) is 0 Å². The first-order valence-corrected chi connectivity index (χ1v) is 11.9. The van der Waals surface area contributed by atoms with Crippen LogP contribution in [0.2, 0.25) is 6.32 Å². The SMILES string of the molecule is CC(=O)NC1(C(=O)NC(C)(C)C)C[C@H](CCB2OC(C)(C)C(C)(C)O2)C[C@@H](CNC(=O)O)C1. The number of rotatable bonds is 7. The number of carbonyl (C=O) groups is 3. The second-order valence-electron chi connectivity index (χ2n) is 11.8. The summed E-state index contributed by atoms with van der Waals surface area (Å²) < 4.78 is 12.3. The van der Waals surface area contributed by atoms with Crippen molar-refractivity contribution in [3.8, 4) is 0 Å². The normalized spacial score (nSPS) is 28.8. The minimum atomic E-state index is -1.10. The molecule has 1 aliphatic carbocycles. The summed E-state index contributed by atoms with van der Waals surface area (Å²) in [5, 5.41) is 17.5. The van der Waals surface area contributed by atoms with Crippen molar-refractivity contribution in [3.05, 3.63) is 0 Å². The van der Waals surface area contributed by atoms with Crippen LogP contribution in [0, 0.1) is 11.8 Å². The quantitative estimate of drug-likeness (QED) is 0.427. The van der Waals surface area contributed by atoms with Crippen LogP contribution in [0.4, 0.5) is 4.79 Å². The Hall–Kier alpha value is -1.81. The minimum Gasteiger partial charge on any atom is -0.465 e. The standard InChI is InChI=1S/C23H42BN3O6/c1-15(28)26-23(18(29)27-20(2,3)4)12-16(11-17(13-23)14-25-19(30)31)9-10-24-32-21(5,6)22(7,8)33-24/h16-17,25H,9-14H2,1-8H3,(H,26,28)(H,27,29)(H,30,31)/t16-,17-,23?/m1/s1. The molecule has 0 aromatic carbocycles. The van der Waals surface area contributed by atoms with Crippen molar-refractivity contribution in [2.45, 2.75) is 110 Å². The summed E-state index contributed by atoms with van der Waals surface area (Å²) in [5.74, 6) is -0.506. The van der Waals surface area contributed by atoms with Gasteiger partial charge in [0.2, 0.25) is 11.8 Å². The van der Waals surface area contributed by atoms with E-state index in [2.05, 4.69) is 16.0 Å². The molecule has 1 unspecified atom stereocenters. The Bertz CT molecular complexity index is 735. The summed E-state index contributed by atoms with van der Waals surface area (Å²) in [5.41, 5.74) is -2.38. The summed E-state index contributed by atoms with van der Waals surface area (Å²) in [4.78, 5) is 36.7. The highest BCUT2D eigenvalue weighted by molar-refractivity contribution is 6.45. The lowest BCUT2D eigenvalue weighted by molar-refractivity contribution is -0.137. The van der Waals surface area contributed by atoms with Crippen molar-refractivity contribution in [2.24, 2.45) is 11.8 Å². The number of amides is 3. The van der Waals surface area contributed by atoms with Crippen LogP contribution in [0.25, 0.3) is 0 Å². The largest absolute Gasteiger partial charge is 0.465 e. The Morgan fingerprint density at radius 3 is 2.06 bits per heavy atom. The second-order valence-corrected chi connectivity index (χ2v) is 11.8. The molecule has 0 spiro atoms. The maximum absolute atomic E-state index is 13.4. The third-order valence-electron chi connectivity index (χ3n) is 6.93. The highest BCUT2D eigenvalue weighted by Gasteiger charge is 2.52. The fraction of sp³-hybridized carbons (Fsp3) is 0.870. The molecule has 3 atom stereocenters. The average molecular weight is 467 g/mol. The predicted molar refractivity (Wildman–Crippen MR) is 127 cm³/mol. The zero-order chi connectivity index (χ0) is 25.2. The van der Waals surface area contributed by atoms with Gasteiger partial charge in [-0.05, 0) is 85.9 Å². The molecule has 0 bridgehead atoms. The van der Waals surface area contributed by atoms with Crippen molar-refractivity contribution in [2.75, 3.05) is 6.54 Å². The van der Waals surface area contributed by atoms with E-state index in [1.165, 1.54) is 6.92 Å². The van der Waals surface area contributed by atoms with Crippen LogP contribution in [0.1, 0.15) is 81.1 Å². The monoisotopic (exact) mass is 467 g/mol. The summed E-state index contributed by atoms with van der Waals surface area (Å²) in [6, 6.07) is 0. The molecule has 188 valence electrons. The molecular formula is C23H42BN3O6. The highest BCUT2D eigenvalue weighted by Crippen LogP contribution is 2.42. The van der Waals surface area contributed by atoms with E-state index >= 15 is 0 Å². The fourth-order valence-electron chi connectivity index (χ4n) is 4.91. The molecule has 0 radical (unpaired) electrons. The van der Waals surface area contributed by atoms with Gasteiger partial charge in [-0.1, -0.05) is 6.42 Å². The predicted octanol–water partition coefficient (Wildman–Crippen LogP) is 2.94. The van der Waals surface area contributed by atoms with Crippen molar-refractivity contribution in [3.63, 3.8) is 0 Å². The zero-order valence-corrected chi connectivity index (χ0v) is 21.5. The van der Waals surface area contributed by atoms with Crippen molar-refractivity contribution >= 4 is 25.0 Å². The molecule has 4 N–H and O–H groups in total. The van der Waals surface area contributed by atoms with Crippen molar-refractivity contribution < 1.29 is 28.8 Å². The zero-order valence-electron chi connectivity index (χ0n) is 21.5. The van der Waals surface area contributed by atoms with E-state index < -0.39 is 28.4 Å². The van der Waals surface area contributed by atoms with E-state index in [1.54, 1.807) is 0 Å². The Balaban J connectivity index is 2.21. The number of carbonyl (C=O) groups excluding carboxylic acids is 2. The van der Waals surface area contributed by atoms with Gasteiger partial charge in [0.05, 0.1) is 11.2 Å². The van der Waals surface area contributed by atoms with Gasteiger partial charge in [-0.25, -0.2) is 4.79 Å². The number of nitrogens with one attached hydrogen (secondary N) is 3. The lowest BCUT2D eigenvalue weighted by Crippen LogP contribution is -2.64. The number of carboxylic acid groups (broad SMARTS) is 1. The number of hydrogen-bond acceptors (Lipinski definition) is 5. The molecular weight excluding hydrogens is 425 g/mol. The first-order chi connectivity index (χ1) is 14.9. The van der Waals surface area contributed by atoms with Gasteiger partial charge in [0.25, 0.3) is 0 Å². The van der Waals surface area contributed by atoms with Crippen LogP contribution in [0.5, 0.6) is 0 Å². The lowest BCUT2D eigenvalue weighted by atomic mass is 9.66. The first kappa shape index (κ1) is 27.4. The van der Waals surface area contributed by atoms with Crippen LogP contribution in [-0.2, 0) is 18.9 Å². The summed E-state index contributed by atoms with van der Waals surface area (Å²) in [7, 11) is -0.342. The number of hydrogen-bond donors (Lipinski definition) is 4. The van der Waals surface area contributed by atoms with E-state index in [9.17, 15) is 14.4 Å². The highest BCUT2D eigenvalue weighted by atomic mass is 16.7. The molecule has 0 aromatic rings. The molecule has 1 saturated heterocycles. The molecule has 3 amide bonds. The molecule has 9 nitrogen and oxygen atoms in total. The van der Waals surface area contributed by atoms with Crippen LogP contribution in [0.3, 0.4) is 0 Å². The Labute approximate surface area is 198 Å². The molecule has 2 fully saturated rings. The average Bonchev–Trinajstić information content (AvgIpc) is 2.83. The third-order valence-corrected chi connectivity index (χ3v) is 6.93. The van der Waals surface area contributed by atoms with Crippen LogP contribution in [-0.4, -0.2) is 59.0 Å². The molecule has 2 aliphatic rings. The first-order valence-electron chi connectivity index (χ1n) is 11.9. The van der Waals surface area contributed by atoms with Crippen molar-refractivity contribution in [1.29, 1.82) is 0 Å². The Kier molecular flexibility index (Phi) is 8.17. The smallest absolute Gasteiger partial charge is 0.457 e. The second kappa shape index (κ2) is 9.82. The topological polar surface area (TPSA) is 126 Å². The lowest BCUT2D eigenvalue weighted by Gasteiger charge is -2.45. The van der Waals surface area contributed by atoms with E-state index in [1.807, 2.05) is 48.5 Å². The van der Waals surface area contributed by atoms with Gasteiger partial charge in [0, 0.05) is 19.0 Å². The molecule has 2 rings (SSSR count). The van der Waals surface area contributed by atoms with E-state index in [-0.39, 0.29) is 37.3 Å². The fourth-order valence-corrected chi connectivity index (χ4v) is 4.91. The van der Waals surface area contributed by atoms with E-state index in [0.717, 1.165) is 12.8 Å². The molecule has 0 aromatic heterocycles. The third kappa shape index (κ3) is 7.34. The summed E-state index contributed by atoms with van der Waals surface area (Å²) in [6.45, 7) is 15.4. The van der Waals surface area contributed by atoms with E-state index in [4.69, 9.17) is 14.4 Å². The molecule has 1 saturated carbocycles. The van der Waals surface area contributed by atoms with Gasteiger partial charge in [-0.3, -0.25) is 9.59 Å². The maximum Gasteiger partial charge on any atom is 0.457 e. The minimum absolute atomic E-state index is 0.0873. The van der Waals surface area contributed by atoms with Gasteiger partial charge in [-0.15, -0.1) is 0 Å². The Morgan fingerprint density at radius 2 is 1.58 bits per heavy atom. The molecule has 1 aliphatic heterocycles. The van der Waals surface area contributed by atoms with Gasteiger partial charge >= 0.3 is 13.2 Å². The van der Waals surface area contributed by atoms with E-state index in [0.29, 0.717) is 19.2 Å². The van der Waals surface area contributed by atoms with Gasteiger partial charge in [-0.2, -0.15) is 0 Å². The maximum atomic E-state index is 13.4. The van der Waals surface area contributed by atoms with Gasteiger partial charge < -0.3 is 30.4 Å². The Morgan fingerprint density at radius 1 is 1.03 bits per heavy atom. The molecule has 1 heterocycles. The molecule has 10 heteroatoms. The van der Waals surface area contributed by atoms with Gasteiger partial charge in [0.15, 0.2) is 0 Å². The summed E-state index contributed by atoms with van der Waals surface area (Å²) >= 11 is 0. The van der Waals surface area contributed by atoms with Crippen LogP contribution < -0.4 is 16.0 Å². The van der Waals surface area contributed by atoms with Crippen molar-refractivity contribution in [1.82, 2.24) is 16.0 Å². The summed E-state index contributed by atoms with van der Waals surface area (Å²) in [6.07, 6.45) is 1.92. The molecule has 33 heavy (non-hydrogen) atoms. The van der Waals surface area contributed by atoms with Gasteiger partial charge in [0.1, 0.15) is 5.54 Å².